The number of nitrogens with one attached hydrogen (secondary N) is 1. The van der Waals surface area contributed by atoms with Gasteiger partial charge in [-0.05, 0) is 39.3 Å². The molecule has 0 radical (unpaired) electrons. The molecular formula is C13H23Cl2N3O2. The van der Waals surface area contributed by atoms with Crippen molar-refractivity contribution >= 4 is 30.7 Å². The Morgan fingerprint density at radius 3 is 2.60 bits per heavy atom. The first-order valence-electron chi connectivity index (χ1n) is 6.16. The SMILES string of the molecule is CC(N)CCNC(=O)c1ncccc1OC(C)C.Cl.Cl. The Balaban J connectivity index is 0. The molecule has 0 aliphatic carbocycles. The molecule has 0 aromatic carbocycles. The zero-order chi connectivity index (χ0) is 13.5. The molecule has 0 aliphatic rings. The van der Waals surface area contributed by atoms with E-state index in [9.17, 15) is 4.79 Å². The van der Waals surface area contributed by atoms with Crippen LogP contribution in [-0.4, -0.2) is 29.6 Å². The van der Waals surface area contributed by atoms with Crippen molar-refractivity contribution in [2.45, 2.75) is 39.3 Å². The van der Waals surface area contributed by atoms with E-state index < -0.39 is 0 Å². The summed E-state index contributed by atoms with van der Waals surface area (Å²) in [6.07, 6.45) is 2.32. The number of ether oxygens (including phenoxy) is 1. The number of nitrogens with zero attached hydrogens (tertiary/aromatic N) is 1. The van der Waals surface area contributed by atoms with E-state index in [1.165, 1.54) is 0 Å². The number of amides is 1. The third-order valence-corrected chi connectivity index (χ3v) is 2.23. The van der Waals surface area contributed by atoms with Crippen molar-refractivity contribution in [3.05, 3.63) is 24.0 Å². The molecule has 0 aliphatic heterocycles. The fourth-order valence-corrected chi connectivity index (χ4v) is 1.41. The highest BCUT2D eigenvalue weighted by Gasteiger charge is 2.14. The van der Waals surface area contributed by atoms with Gasteiger partial charge in [0.05, 0.1) is 6.10 Å². The molecule has 1 amide bonds. The van der Waals surface area contributed by atoms with Crippen LogP contribution >= 0.6 is 24.8 Å². The second-order valence-electron chi connectivity index (χ2n) is 4.54. The summed E-state index contributed by atoms with van der Waals surface area (Å²) in [7, 11) is 0. The highest BCUT2D eigenvalue weighted by atomic mass is 35.5. The average molecular weight is 324 g/mol. The number of halogens is 2. The normalized spacial score (nSPS) is 11.1. The summed E-state index contributed by atoms with van der Waals surface area (Å²) < 4.78 is 5.55. The molecule has 1 unspecified atom stereocenters. The fraction of sp³-hybridized carbons (Fsp3) is 0.538. The van der Waals surface area contributed by atoms with Crippen LogP contribution in [0.5, 0.6) is 5.75 Å². The van der Waals surface area contributed by atoms with Gasteiger partial charge in [0.1, 0.15) is 0 Å². The van der Waals surface area contributed by atoms with Crippen molar-refractivity contribution in [3.63, 3.8) is 0 Å². The predicted molar refractivity (Wildman–Crippen MR) is 85.1 cm³/mol. The Bertz CT molecular complexity index is 401. The third kappa shape index (κ3) is 7.53. The van der Waals surface area contributed by atoms with Gasteiger partial charge in [-0.25, -0.2) is 4.98 Å². The van der Waals surface area contributed by atoms with Gasteiger partial charge in [0, 0.05) is 18.8 Å². The Morgan fingerprint density at radius 2 is 2.05 bits per heavy atom. The van der Waals surface area contributed by atoms with E-state index in [4.69, 9.17) is 10.5 Å². The van der Waals surface area contributed by atoms with E-state index in [1.807, 2.05) is 20.8 Å². The van der Waals surface area contributed by atoms with Crippen molar-refractivity contribution in [3.8, 4) is 5.75 Å². The summed E-state index contributed by atoms with van der Waals surface area (Å²) in [5, 5.41) is 2.78. The molecule has 1 aromatic heterocycles. The first-order valence-corrected chi connectivity index (χ1v) is 6.16. The average Bonchev–Trinajstić information content (AvgIpc) is 2.28. The number of rotatable bonds is 6. The molecule has 5 nitrogen and oxygen atoms in total. The number of nitrogens with two attached hydrogens (primary N) is 1. The maximum absolute atomic E-state index is 11.9. The van der Waals surface area contributed by atoms with Crippen LogP contribution < -0.4 is 15.8 Å². The van der Waals surface area contributed by atoms with Crippen LogP contribution in [-0.2, 0) is 0 Å². The van der Waals surface area contributed by atoms with Crippen LogP contribution in [0.15, 0.2) is 18.3 Å². The molecule has 0 fully saturated rings. The quantitative estimate of drug-likeness (QED) is 0.841. The minimum atomic E-state index is -0.230. The summed E-state index contributed by atoms with van der Waals surface area (Å²) in [4.78, 5) is 16.0. The molecule has 3 N–H and O–H groups in total. The lowest BCUT2D eigenvalue weighted by Gasteiger charge is -2.13. The summed E-state index contributed by atoms with van der Waals surface area (Å²) in [5.74, 6) is 0.276. The van der Waals surface area contributed by atoms with Gasteiger partial charge in [-0.1, -0.05) is 0 Å². The summed E-state index contributed by atoms with van der Waals surface area (Å²) >= 11 is 0. The molecular weight excluding hydrogens is 301 g/mol. The van der Waals surface area contributed by atoms with Crippen LogP contribution in [0.3, 0.4) is 0 Å². The minimum absolute atomic E-state index is 0. The summed E-state index contributed by atoms with van der Waals surface area (Å²) in [6, 6.07) is 3.56. The van der Waals surface area contributed by atoms with E-state index in [-0.39, 0.29) is 42.9 Å². The zero-order valence-electron chi connectivity index (χ0n) is 12.0. The predicted octanol–water partition coefficient (Wildman–Crippen LogP) is 2.18. The fourth-order valence-electron chi connectivity index (χ4n) is 1.41. The van der Waals surface area contributed by atoms with Crippen molar-refractivity contribution in [2.24, 2.45) is 5.73 Å². The van der Waals surface area contributed by atoms with Crippen LogP contribution in [0.2, 0.25) is 0 Å². The number of pyridine rings is 1. The Kier molecular flexibility index (Phi) is 11.4. The van der Waals surface area contributed by atoms with E-state index in [0.29, 0.717) is 18.0 Å². The standard InChI is InChI=1S/C13H21N3O2.2ClH/c1-9(2)18-11-5-4-7-15-12(11)13(17)16-8-6-10(3)14;;/h4-5,7,9-10H,6,8,14H2,1-3H3,(H,16,17);2*1H. The summed E-state index contributed by atoms with van der Waals surface area (Å²) in [6.45, 7) is 6.25. The van der Waals surface area contributed by atoms with Gasteiger partial charge in [0.15, 0.2) is 11.4 Å². The van der Waals surface area contributed by atoms with E-state index in [1.54, 1.807) is 18.3 Å². The van der Waals surface area contributed by atoms with Crippen LogP contribution in [0.25, 0.3) is 0 Å². The smallest absolute Gasteiger partial charge is 0.273 e. The zero-order valence-corrected chi connectivity index (χ0v) is 13.6. The Hall–Kier alpha value is -1.04. The molecule has 1 aromatic rings. The van der Waals surface area contributed by atoms with Crippen molar-refractivity contribution in [1.82, 2.24) is 10.3 Å². The van der Waals surface area contributed by atoms with Crippen LogP contribution in [0.1, 0.15) is 37.7 Å². The van der Waals surface area contributed by atoms with Crippen molar-refractivity contribution in [1.29, 1.82) is 0 Å². The number of hydrogen-bond donors (Lipinski definition) is 2. The molecule has 0 bridgehead atoms. The first-order chi connectivity index (χ1) is 8.50. The van der Waals surface area contributed by atoms with Crippen LogP contribution in [0, 0.1) is 0 Å². The number of aromatic nitrogens is 1. The van der Waals surface area contributed by atoms with Gasteiger partial charge < -0.3 is 15.8 Å². The van der Waals surface area contributed by atoms with Gasteiger partial charge in [0.2, 0.25) is 0 Å². The van der Waals surface area contributed by atoms with E-state index in [0.717, 1.165) is 6.42 Å². The molecule has 0 saturated carbocycles. The van der Waals surface area contributed by atoms with Crippen LogP contribution in [0.4, 0.5) is 0 Å². The molecule has 20 heavy (non-hydrogen) atoms. The Labute approximate surface area is 132 Å². The van der Waals surface area contributed by atoms with Gasteiger partial charge in [-0.3, -0.25) is 4.79 Å². The molecule has 0 spiro atoms. The highest BCUT2D eigenvalue weighted by molar-refractivity contribution is 5.94. The minimum Gasteiger partial charge on any atom is -0.489 e. The molecule has 1 rings (SSSR count). The van der Waals surface area contributed by atoms with Crippen molar-refractivity contribution < 1.29 is 9.53 Å². The largest absolute Gasteiger partial charge is 0.489 e. The maximum Gasteiger partial charge on any atom is 0.273 e. The molecule has 0 saturated heterocycles. The van der Waals surface area contributed by atoms with E-state index >= 15 is 0 Å². The number of carbonyl (C=O) groups excluding carboxylic acids is 1. The first kappa shape index (κ1) is 21.3. The summed E-state index contributed by atoms with van der Waals surface area (Å²) in [5.41, 5.74) is 5.94. The van der Waals surface area contributed by atoms with Crippen molar-refractivity contribution in [2.75, 3.05) is 6.54 Å². The van der Waals surface area contributed by atoms with Gasteiger partial charge in [-0.15, -0.1) is 24.8 Å². The second kappa shape index (κ2) is 10.7. The highest BCUT2D eigenvalue weighted by Crippen LogP contribution is 2.16. The lowest BCUT2D eigenvalue weighted by atomic mass is 10.2. The molecule has 1 heterocycles. The molecule has 7 heteroatoms. The van der Waals surface area contributed by atoms with Gasteiger partial charge in [-0.2, -0.15) is 0 Å². The van der Waals surface area contributed by atoms with Gasteiger partial charge >= 0.3 is 0 Å². The molecule has 1 atom stereocenters. The lowest BCUT2D eigenvalue weighted by Crippen LogP contribution is -2.30. The maximum atomic E-state index is 11.9. The van der Waals surface area contributed by atoms with E-state index in [2.05, 4.69) is 10.3 Å². The molecule has 116 valence electrons. The Morgan fingerprint density at radius 1 is 1.40 bits per heavy atom. The lowest BCUT2D eigenvalue weighted by molar-refractivity contribution is 0.0941. The third-order valence-electron chi connectivity index (χ3n) is 2.23. The number of carbonyl (C=O) groups is 1. The monoisotopic (exact) mass is 323 g/mol. The topological polar surface area (TPSA) is 77.2 Å². The second-order valence-corrected chi connectivity index (χ2v) is 4.54. The van der Waals surface area contributed by atoms with Gasteiger partial charge in [0.25, 0.3) is 5.91 Å². The number of hydrogen-bond acceptors (Lipinski definition) is 4.